The SMILES string of the molecule is CC(C)(C)CC(=O)N1CCCC(C(=O)N2CCOCC2)C1. The van der Waals surface area contributed by atoms with E-state index in [4.69, 9.17) is 4.74 Å². The van der Waals surface area contributed by atoms with Crippen molar-refractivity contribution in [3.8, 4) is 0 Å². The highest BCUT2D eigenvalue weighted by Gasteiger charge is 2.32. The monoisotopic (exact) mass is 296 g/mol. The van der Waals surface area contributed by atoms with Crippen molar-refractivity contribution in [2.75, 3.05) is 39.4 Å². The van der Waals surface area contributed by atoms with Crippen LogP contribution in [0, 0.1) is 11.3 Å². The molecule has 1 unspecified atom stereocenters. The van der Waals surface area contributed by atoms with Gasteiger partial charge in [-0.1, -0.05) is 20.8 Å². The molecule has 2 aliphatic heterocycles. The van der Waals surface area contributed by atoms with Crippen LogP contribution < -0.4 is 0 Å². The van der Waals surface area contributed by atoms with E-state index in [9.17, 15) is 9.59 Å². The largest absolute Gasteiger partial charge is 0.378 e. The van der Waals surface area contributed by atoms with Gasteiger partial charge in [0.2, 0.25) is 11.8 Å². The summed E-state index contributed by atoms with van der Waals surface area (Å²) in [5, 5.41) is 0. The number of ether oxygens (including phenoxy) is 1. The van der Waals surface area contributed by atoms with E-state index in [1.165, 1.54) is 0 Å². The summed E-state index contributed by atoms with van der Waals surface area (Å²) in [6.07, 6.45) is 2.37. The van der Waals surface area contributed by atoms with Crippen molar-refractivity contribution in [2.24, 2.45) is 11.3 Å². The Bertz CT molecular complexity index is 383. The fraction of sp³-hybridized carbons (Fsp3) is 0.875. The maximum atomic E-state index is 12.5. The van der Waals surface area contributed by atoms with Crippen LogP contribution >= 0.6 is 0 Å². The van der Waals surface area contributed by atoms with Crippen molar-refractivity contribution in [1.29, 1.82) is 0 Å². The minimum atomic E-state index is -0.0271. The highest BCUT2D eigenvalue weighted by Crippen LogP contribution is 2.24. The molecule has 2 saturated heterocycles. The molecule has 2 aliphatic rings. The molecule has 0 aliphatic carbocycles. The number of amides is 2. The lowest BCUT2D eigenvalue weighted by Crippen LogP contribution is -2.49. The summed E-state index contributed by atoms with van der Waals surface area (Å²) < 4.78 is 5.29. The maximum Gasteiger partial charge on any atom is 0.227 e. The zero-order valence-electron chi connectivity index (χ0n) is 13.6. The van der Waals surface area contributed by atoms with Gasteiger partial charge >= 0.3 is 0 Å². The minimum absolute atomic E-state index is 0.00174. The molecule has 0 aromatic carbocycles. The number of rotatable bonds is 2. The smallest absolute Gasteiger partial charge is 0.227 e. The van der Waals surface area contributed by atoms with Gasteiger partial charge < -0.3 is 14.5 Å². The third-order valence-electron chi connectivity index (χ3n) is 4.13. The molecule has 0 radical (unpaired) electrons. The van der Waals surface area contributed by atoms with Crippen LogP contribution in [0.3, 0.4) is 0 Å². The Kier molecular flexibility index (Phi) is 5.25. The lowest BCUT2D eigenvalue weighted by atomic mass is 9.90. The molecule has 2 heterocycles. The van der Waals surface area contributed by atoms with Gasteiger partial charge in [0, 0.05) is 32.6 Å². The van der Waals surface area contributed by atoms with Gasteiger partial charge in [-0.05, 0) is 18.3 Å². The van der Waals surface area contributed by atoms with Gasteiger partial charge in [-0.3, -0.25) is 9.59 Å². The van der Waals surface area contributed by atoms with Crippen molar-refractivity contribution >= 4 is 11.8 Å². The molecule has 21 heavy (non-hydrogen) atoms. The summed E-state index contributed by atoms with van der Waals surface area (Å²) in [6.45, 7) is 10.2. The van der Waals surface area contributed by atoms with Gasteiger partial charge in [0.05, 0.1) is 19.1 Å². The van der Waals surface area contributed by atoms with E-state index in [0.717, 1.165) is 19.4 Å². The Morgan fingerprint density at radius 1 is 1.10 bits per heavy atom. The van der Waals surface area contributed by atoms with E-state index >= 15 is 0 Å². The standard InChI is InChI=1S/C16H28N2O3/c1-16(2,3)11-14(19)18-6-4-5-13(12-18)15(20)17-7-9-21-10-8-17/h13H,4-12H2,1-3H3. The lowest BCUT2D eigenvalue weighted by molar-refractivity contribution is -0.144. The van der Waals surface area contributed by atoms with E-state index < -0.39 is 0 Å². The van der Waals surface area contributed by atoms with E-state index in [1.807, 2.05) is 9.80 Å². The number of likely N-dealkylation sites (tertiary alicyclic amines) is 1. The predicted molar refractivity (Wildman–Crippen MR) is 80.8 cm³/mol. The Hall–Kier alpha value is -1.10. The summed E-state index contributed by atoms with van der Waals surface area (Å²) in [4.78, 5) is 28.7. The zero-order valence-corrected chi connectivity index (χ0v) is 13.6. The molecule has 120 valence electrons. The summed E-state index contributed by atoms with van der Waals surface area (Å²) in [7, 11) is 0. The highest BCUT2D eigenvalue weighted by atomic mass is 16.5. The van der Waals surface area contributed by atoms with Crippen molar-refractivity contribution in [2.45, 2.75) is 40.0 Å². The molecule has 0 aromatic rings. The van der Waals surface area contributed by atoms with E-state index in [1.54, 1.807) is 0 Å². The Morgan fingerprint density at radius 3 is 2.38 bits per heavy atom. The summed E-state index contributed by atoms with van der Waals surface area (Å²) in [5.74, 6) is 0.356. The number of carbonyl (C=O) groups excluding carboxylic acids is 2. The van der Waals surface area contributed by atoms with E-state index in [0.29, 0.717) is 39.3 Å². The van der Waals surface area contributed by atoms with Gasteiger partial charge in [0.1, 0.15) is 0 Å². The molecule has 1 atom stereocenters. The molecule has 2 rings (SSSR count). The molecular weight excluding hydrogens is 268 g/mol. The van der Waals surface area contributed by atoms with Gasteiger partial charge in [-0.25, -0.2) is 0 Å². The van der Waals surface area contributed by atoms with Gasteiger partial charge in [-0.15, -0.1) is 0 Å². The topological polar surface area (TPSA) is 49.9 Å². The second kappa shape index (κ2) is 6.77. The number of hydrogen-bond acceptors (Lipinski definition) is 3. The van der Waals surface area contributed by atoms with Gasteiger partial charge in [0.25, 0.3) is 0 Å². The third kappa shape index (κ3) is 4.70. The first-order chi connectivity index (χ1) is 9.87. The molecule has 2 amide bonds. The zero-order chi connectivity index (χ0) is 15.5. The summed E-state index contributed by atoms with van der Waals surface area (Å²) >= 11 is 0. The van der Waals surface area contributed by atoms with Crippen molar-refractivity contribution in [3.63, 3.8) is 0 Å². The molecule has 0 saturated carbocycles. The van der Waals surface area contributed by atoms with Gasteiger partial charge in [-0.2, -0.15) is 0 Å². The Balaban J connectivity index is 1.90. The molecule has 0 N–H and O–H groups in total. The number of nitrogens with zero attached hydrogens (tertiary/aromatic N) is 2. The predicted octanol–water partition coefficient (Wildman–Crippen LogP) is 1.52. The first kappa shape index (κ1) is 16.3. The van der Waals surface area contributed by atoms with Crippen LogP contribution in [0.15, 0.2) is 0 Å². The minimum Gasteiger partial charge on any atom is -0.378 e. The number of morpholine rings is 1. The lowest BCUT2D eigenvalue weighted by Gasteiger charge is -2.37. The van der Waals surface area contributed by atoms with Gasteiger partial charge in [0.15, 0.2) is 0 Å². The number of hydrogen-bond donors (Lipinski definition) is 0. The van der Waals surface area contributed by atoms with Crippen LogP contribution in [-0.4, -0.2) is 61.0 Å². The van der Waals surface area contributed by atoms with Crippen LogP contribution in [0.25, 0.3) is 0 Å². The number of carbonyl (C=O) groups is 2. The average molecular weight is 296 g/mol. The number of piperidine rings is 1. The second-order valence-corrected chi connectivity index (χ2v) is 7.35. The van der Waals surface area contributed by atoms with Crippen molar-refractivity contribution in [3.05, 3.63) is 0 Å². The molecule has 5 nitrogen and oxygen atoms in total. The fourth-order valence-corrected chi connectivity index (χ4v) is 3.01. The highest BCUT2D eigenvalue weighted by molar-refractivity contribution is 5.81. The fourth-order valence-electron chi connectivity index (χ4n) is 3.01. The summed E-state index contributed by atoms with van der Waals surface area (Å²) in [6, 6.07) is 0. The van der Waals surface area contributed by atoms with Crippen LogP contribution in [-0.2, 0) is 14.3 Å². The normalized spacial score (nSPS) is 24.0. The average Bonchev–Trinajstić information content (AvgIpc) is 2.46. The Morgan fingerprint density at radius 2 is 1.76 bits per heavy atom. The van der Waals surface area contributed by atoms with E-state index in [2.05, 4.69) is 20.8 Å². The third-order valence-corrected chi connectivity index (χ3v) is 4.13. The molecule has 0 aromatic heterocycles. The quantitative estimate of drug-likeness (QED) is 0.776. The van der Waals surface area contributed by atoms with Crippen molar-refractivity contribution in [1.82, 2.24) is 9.80 Å². The molecule has 5 heteroatoms. The Labute approximate surface area is 127 Å². The molecular formula is C16H28N2O3. The molecule has 0 spiro atoms. The van der Waals surface area contributed by atoms with Crippen LogP contribution in [0.5, 0.6) is 0 Å². The summed E-state index contributed by atoms with van der Waals surface area (Å²) in [5.41, 5.74) is -0.00174. The maximum absolute atomic E-state index is 12.5. The molecule has 2 fully saturated rings. The van der Waals surface area contributed by atoms with Crippen LogP contribution in [0.1, 0.15) is 40.0 Å². The van der Waals surface area contributed by atoms with Crippen molar-refractivity contribution < 1.29 is 14.3 Å². The van der Waals surface area contributed by atoms with Crippen LogP contribution in [0.2, 0.25) is 0 Å². The van der Waals surface area contributed by atoms with Crippen LogP contribution in [0.4, 0.5) is 0 Å². The molecule has 0 bridgehead atoms. The first-order valence-corrected chi connectivity index (χ1v) is 8.01. The second-order valence-electron chi connectivity index (χ2n) is 7.35. The van der Waals surface area contributed by atoms with E-state index in [-0.39, 0.29) is 23.1 Å². The first-order valence-electron chi connectivity index (χ1n) is 8.01.